The Balaban J connectivity index is 1.37. The lowest BCUT2D eigenvalue weighted by atomic mass is 9.74. The van der Waals surface area contributed by atoms with Gasteiger partial charge in [0.25, 0.3) is 5.91 Å². The van der Waals surface area contributed by atoms with Gasteiger partial charge in [-0.3, -0.25) is 9.78 Å². The number of amides is 1. The molecule has 0 aromatic carbocycles. The number of hydrogen-bond acceptors (Lipinski definition) is 4. The summed E-state index contributed by atoms with van der Waals surface area (Å²) in [7, 11) is 0. The third kappa shape index (κ3) is 2.53. The fraction of sp³-hybridized carbons (Fsp3) is 0.364. The first-order chi connectivity index (χ1) is 14.1. The molecule has 3 heterocycles. The van der Waals surface area contributed by atoms with Crippen molar-refractivity contribution < 1.29 is 9.18 Å². The number of halogens is 1. The van der Waals surface area contributed by atoms with Crippen molar-refractivity contribution in [2.45, 2.75) is 43.6 Å². The number of nitrogens with one attached hydrogen (secondary N) is 1. The van der Waals surface area contributed by atoms with Crippen molar-refractivity contribution in [3.05, 3.63) is 71.2 Å². The summed E-state index contributed by atoms with van der Waals surface area (Å²) in [5, 5.41) is 7.88. The summed E-state index contributed by atoms with van der Waals surface area (Å²) in [4.78, 5) is 22.0. The van der Waals surface area contributed by atoms with Gasteiger partial charge < -0.3 is 5.32 Å². The maximum Gasteiger partial charge on any atom is 0.272 e. The lowest BCUT2D eigenvalue weighted by Crippen LogP contribution is -2.51. The lowest BCUT2D eigenvalue weighted by Gasteiger charge is -2.41. The molecule has 7 heteroatoms. The van der Waals surface area contributed by atoms with Crippen LogP contribution in [0.15, 0.2) is 42.7 Å². The predicted molar refractivity (Wildman–Crippen MR) is 103 cm³/mol. The van der Waals surface area contributed by atoms with Crippen LogP contribution in [0.25, 0.3) is 5.82 Å². The van der Waals surface area contributed by atoms with Crippen molar-refractivity contribution in [2.75, 3.05) is 0 Å². The maximum absolute atomic E-state index is 13.3. The summed E-state index contributed by atoms with van der Waals surface area (Å²) >= 11 is 0. The molecule has 3 aromatic rings. The Morgan fingerprint density at radius 3 is 2.79 bits per heavy atom. The van der Waals surface area contributed by atoms with Crippen molar-refractivity contribution in [3.63, 3.8) is 0 Å². The third-order valence-electron chi connectivity index (χ3n) is 6.62. The second kappa shape index (κ2) is 5.95. The highest BCUT2D eigenvalue weighted by Gasteiger charge is 2.51. The summed E-state index contributed by atoms with van der Waals surface area (Å²) in [5.74, 6) is 1.03. The smallest absolute Gasteiger partial charge is 0.272 e. The van der Waals surface area contributed by atoms with E-state index in [9.17, 15) is 9.18 Å². The van der Waals surface area contributed by atoms with E-state index in [-0.39, 0.29) is 11.7 Å². The van der Waals surface area contributed by atoms with Gasteiger partial charge in [0.15, 0.2) is 11.5 Å². The van der Waals surface area contributed by atoms with Crippen molar-refractivity contribution in [3.8, 4) is 5.82 Å². The van der Waals surface area contributed by atoms with Crippen LogP contribution in [0.1, 0.15) is 59.0 Å². The van der Waals surface area contributed by atoms with Crippen LogP contribution >= 0.6 is 0 Å². The molecule has 2 saturated carbocycles. The number of nitrogens with zero attached hydrogens (tertiary/aromatic N) is 4. The first kappa shape index (κ1) is 16.8. The number of carbonyl (C=O) groups is 1. The first-order valence-corrected chi connectivity index (χ1v) is 10.1. The molecule has 0 unspecified atom stereocenters. The van der Waals surface area contributed by atoms with Gasteiger partial charge >= 0.3 is 0 Å². The molecular weight excluding hydrogens is 369 g/mol. The summed E-state index contributed by atoms with van der Waals surface area (Å²) < 4.78 is 15.1. The second-order valence-corrected chi connectivity index (χ2v) is 8.37. The number of hydrogen-bond donors (Lipinski definition) is 1. The molecule has 0 aliphatic heterocycles. The summed E-state index contributed by atoms with van der Waals surface area (Å²) in [6.07, 6.45) is 7.77. The largest absolute Gasteiger partial charge is 0.340 e. The Kier molecular flexibility index (Phi) is 3.45. The molecule has 0 radical (unpaired) electrons. The number of aromatic nitrogens is 4. The van der Waals surface area contributed by atoms with E-state index in [1.807, 2.05) is 18.2 Å². The van der Waals surface area contributed by atoms with Gasteiger partial charge in [0.1, 0.15) is 5.82 Å². The molecule has 3 aliphatic carbocycles. The molecule has 0 bridgehead atoms. The third-order valence-corrected chi connectivity index (χ3v) is 6.62. The Bertz CT molecular complexity index is 1100. The van der Waals surface area contributed by atoms with E-state index in [0.717, 1.165) is 49.1 Å². The molecule has 29 heavy (non-hydrogen) atoms. The Morgan fingerprint density at radius 2 is 2.10 bits per heavy atom. The number of carbonyl (C=O) groups excluding carboxylic acids is 1. The standard InChI is InChI=1S/C22H20FN5O/c23-14-5-6-18(25-12-14)28-20-15-10-13(15)11-16(20)19(27-28)21(29)26-22(7-3-8-22)17-4-1-2-9-24-17/h1-2,4-6,9,12-13,15H,3,7-8,10-11H2,(H,26,29)/t13-,15-/m1/s1. The van der Waals surface area contributed by atoms with Crippen molar-refractivity contribution in [1.29, 1.82) is 0 Å². The normalized spacial score (nSPS) is 23.1. The van der Waals surface area contributed by atoms with E-state index >= 15 is 0 Å². The van der Waals surface area contributed by atoms with Crippen LogP contribution in [-0.4, -0.2) is 25.7 Å². The molecule has 0 spiro atoms. The minimum atomic E-state index is -0.412. The minimum absolute atomic E-state index is 0.159. The zero-order valence-electron chi connectivity index (χ0n) is 15.8. The zero-order chi connectivity index (χ0) is 19.6. The quantitative estimate of drug-likeness (QED) is 0.743. The summed E-state index contributed by atoms with van der Waals surface area (Å²) in [5.41, 5.74) is 3.05. The van der Waals surface area contributed by atoms with Crippen LogP contribution < -0.4 is 5.32 Å². The molecule has 0 saturated heterocycles. The molecule has 1 N–H and O–H groups in total. The fourth-order valence-corrected chi connectivity index (χ4v) is 4.86. The van der Waals surface area contributed by atoms with Gasteiger partial charge in [0, 0.05) is 17.7 Å². The maximum atomic E-state index is 13.3. The van der Waals surface area contributed by atoms with Crippen LogP contribution in [-0.2, 0) is 12.0 Å². The van der Waals surface area contributed by atoms with E-state index < -0.39 is 5.54 Å². The molecular formula is C22H20FN5O. The number of pyridine rings is 2. The van der Waals surface area contributed by atoms with Crippen molar-refractivity contribution >= 4 is 5.91 Å². The van der Waals surface area contributed by atoms with E-state index in [2.05, 4.69) is 20.4 Å². The van der Waals surface area contributed by atoms with E-state index in [4.69, 9.17) is 0 Å². The highest BCUT2D eigenvalue weighted by Crippen LogP contribution is 2.57. The molecule has 1 amide bonds. The highest BCUT2D eigenvalue weighted by molar-refractivity contribution is 5.95. The lowest BCUT2D eigenvalue weighted by molar-refractivity contribution is 0.0810. The number of rotatable bonds is 4. The summed E-state index contributed by atoms with van der Waals surface area (Å²) in [6.45, 7) is 0. The van der Waals surface area contributed by atoms with E-state index in [1.54, 1.807) is 16.9 Å². The van der Waals surface area contributed by atoms with Crippen molar-refractivity contribution in [2.24, 2.45) is 5.92 Å². The fourth-order valence-electron chi connectivity index (χ4n) is 4.86. The van der Waals surface area contributed by atoms with Crippen LogP contribution in [0.5, 0.6) is 0 Å². The molecule has 6 nitrogen and oxygen atoms in total. The average Bonchev–Trinajstić information content (AvgIpc) is 3.21. The van der Waals surface area contributed by atoms with Gasteiger partial charge in [-0.15, -0.1) is 0 Å². The minimum Gasteiger partial charge on any atom is -0.340 e. The topological polar surface area (TPSA) is 72.7 Å². The van der Waals surface area contributed by atoms with Crippen LogP contribution in [0, 0.1) is 11.7 Å². The van der Waals surface area contributed by atoms with Gasteiger partial charge in [-0.2, -0.15) is 5.10 Å². The van der Waals surface area contributed by atoms with Crippen molar-refractivity contribution in [1.82, 2.24) is 25.1 Å². The van der Waals surface area contributed by atoms with Gasteiger partial charge in [-0.25, -0.2) is 14.1 Å². The van der Waals surface area contributed by atoms with Gasteiger partial charge in [-0.1, -0.05) is 6.07 Å². The first-order valence-electron chi connectivity index (χ1n) is 10.1. The molecule has 6 rings (SSSR count). The van der Waals surface area contributed by atoms with Gasteiger partial charge in [0.2, 0.25) is 0 Å². The van der Waals surface area contributed by atoms with Gasteiger partial charge in [-0.05, 0) is 62.3 Å². The Hall–Kier alpha value is -3.09. The predicted octanol–water partition coefficient (Wildman–Crippen LogP) is 3.27. The highest BCUT2D eigenvalue weighted by atomic mass is 19.1. The van der Waals surface area contributed by atoms with Crippen LogP contribution in [0.2, 0.25) is 0 Å². The molecule has 2 atom stereocenters. The Morgan fingerprint density at radius 1 is 1.21 bits per heavy atom. The molecule has 2 fully saturated rings. The SMILES string of the molecule is O=C(NC1(c2ccccn2)CCC1)c1nn(-c2ccc(F)cn2)c2c1C[C@H]1C[C@@H]21. The van der Waals surface area contributed by atoms with Crippen LogP contribution in [0.3, 0.4) is 0 Å². The second-order valence-electron chi connectivity index (χ2n) is 8.37. The van der Waals surface area contributed by atoms with E-state index in [1.165, 1.54) is 12.3 Å². The van der Waals surface area contributed by atoms with E-state index in [0.29, 0.717) is 23.3 Å². The molecule has 3 aliphatic rings. The molecule has 3 aromatic heterocycles. The summed E-state index contributed by atoms with van der Waals surface area (Å²) in [6, 6.07) is 8.80. The molecule has 146 valence electrons. The monoisotopic (exact) mass is 389 g/mol. The van der Waals surface area contributed by atoms with Gasteiger partial charge in [0.05, 0.1) is 23.1 Å². The zero-order valence-corrected chi connectivity index (χ0v) is 15.8. The van der Waals surface area contributed by atoms with Crippen LogP contribution in [0.4, 0.5) is 4.39 Å². The number of fused-ring (bicyclic) bond motifs is 3. The Labute approximate surface area is 167 Å². The average molecular weight is 389 g/mol.